The van der Waals surface area contributed by atoms with Gasteiger partial charge in [0.05, 0.1) is 16.1 Å². The van der Waals surface area contributed by atoms with Crippen LogP contribution in [0.5, 0.6) is 0 Å². The highest BCUT2D eigenvalue weighted by Crippen LogP contribution is 2.30. The van der Waals surface area contributed by atoms with Crippen LogP contribution in [0.2, 0.25) is 0 Å². The Morgan fingerprint density at radius 3 is 3.06 bits per heavy atom. The average Bonchev–Trinajstić information content (AvgIpc) is 3.01. The van der Waals surface area contributed by atoms with E-state index < -0.39 is 0 Å². The van der Waals surface area contributed by atoms with Crippen LogP contribution in [0, 0.1) is 0 Å². The van der Waals surface area contributed by atoms with Gasteiger partial charge >= 0.3 is 0 Å². The average molecular weight is 280 g/mol. The van der Waals surface area contributed by atoms with Crippen molar-refractivity contribution in [2.24, 2.45) is 0 Å². The van der Waals surface area contributed by atoms with Crippen LogP contribution in [0.15, 0.2) is 17.1 Å². The quantitative estimate of drug-likeness (QED) is 0.904. The van der Waals surface area contributed by atoms with Gasteiger partial charge in [0.1, 0.15) is 6.04 Å². The maximum Gasteiger partial charge on any atom is 0.251 e. The third-order valence-corrected chi connectivity index (χ3v) is 4.69. The number of aromatic nitrogens is 2. The van der Waals surface area contributed by atoms with Crippen LogP contribution in [-0.2, 0) is 11.2 Å². The first-order valence-electron chi connectivity index (χ1n) is 5.61. The van der Waals surface area contributed by atoms with Crippen molar-refractivity contribution in [2.45, 2.75) is 12.5 Å². The molecule has 0 aromatic carbocycles. The number of anilines is 1. The van der Waals surface area contributed by atoms with Gasteiger partial charge in [-0.05, 0) is 7.05 Å². The van der Waals surface area contributed by atoms with Crippen LogP contribution >= 0.6 is 22.7 Å². The summed E-state index contributed by atoms with van der Waals surface area (Å²) in [5.74, 6) is 0.0513. The van der Waals surface area contributed by atoms with E-state index in [0.717, 1.165) is 22.1 Å². The molecule has 0 aliphatic carbocycles. The van der Waals surface area contributed by atoms with Crippen molar-refractivity contribution in [3.63, 3.8) is 0 Å². The SMILES string of the molecule is CNC1C(=O)N(c2nccs2)CCc2ncsc21. The highest BCUT2D eigenvalue weighted by atomic mass is 32.1. The van der Waals surface area contributed by atoms with Crippen LogP contribution in [0.25, 0.3) is 0 Å². The van der Waals surface area contributed by atoms with Crippen molar-refractivity contribution in [1.29, 1.82) is 0 Å². The van der Waals surface area contributed by atoms with Crippen LogP contribution in [0.1, 0.15) is 16.6 Å². The van der Waals surface area contributed by atoms with Gasteiger partial charge in [-0.25, -0.2) is 9.97 Å². The topological polar surface area (TPSA) is 58.1 Å². The Hall–Kier alpha value is -1.31. The minimum Gasteiger partial charge on any atom is -0.305 e. The lowest BCUT2D eigenvalue weighted by Gasteiger charge is -2.21. The Bertz CT molecular complexity index is 551. The first-order chi connectivity index (χ1) is 8.81. The molecule has 0 fully saturated rings. The molecule has 0 radical (unpaired) electrons. The first kappa shape index (κ1) is 11.8. The molecule has 3 heterocycles. The zero-order chi connectivity index (χ0) is 12.5. The maximum absolute atomic E-state index is 12.5. The molecule has 5 nitrogen and oxygen atoms in total. The summed E-state index contributed by atoms with van der Waals surface area (Å²) in [6.07, 6.45) is 2.50. The van der Waals surface area contributed by atoms with Gasteiger partial charge in [0.2, 0.25) is 0 Å². The molecule has 0 saturated heterocycles. The van der Waals surface area contributed by atoms with Gasteiger partial charge in [-0.2, -0.15) is 0 Å². The molecule has 7 heteroatoms. The zero-order valence-electron chi connectivity index (χ0n) is 9.79. The summed E-state index contributed by atoms with van der Waals surface area (Å²) in [6, 6.07) is -0.307. The number of fused-ring (bicyclic) bond motifs is 1. The molecule has 2 aromatic heterocycles. The lowest BCUT2D eigenvalue weighted by atomic mass is 10.2. The van der Waals surface area contributed by atoms with E-state index >= 15 is 0 Å². The Balaban J connectivity index is 1.99. The molecule has 1 amide bonds. The van der Waals surface area contributed by atoms with Crippen LogP contribution in [-0.4, -0.2) is 29.5 Å². The van der Waals surface area contributed by atoms with Crippen molar-refractivity contribution < 1.29 is 4.79 Å². The van der Waals surface area contributed by atoms with Crippen molar-refractivity contribution >= 4 is 33.7 Å². The minimum absolute atomic E-state index is 0.0513. The summed E-state index contributed by atoms with van der Waals surface area (Å²) in [4.78, 5) is 23.9. The summed E-state index contributed by atoms with van der Waals surface area (Å²) >= 11 is 3.02. The molecule has 2 aromatic rings. The smallest absolute Gasteiger partial charge is 0.251 e. The number of carbonyl (C=O) groups excluding carboxylic acids is 1. The summed E-state index contributed by atoms with van der Waals surface area (Å²) in [5, 5.41) is 5.73. The van der Waals surface area contributed by atoms with E-state index in [1.807, 2.05) is 5.38 Å². The molecule has 1 N–H and O–H groups in total. The van der Waals surface area contributed by atoms with Gasteiger partial charge in [0.15, 0.2) is 5.13 Å². The molecule has 3 rings (SSSR count). The molecule has 1 atom stereocenters. The maximum atomic E-state index is 12.5. The number of likely N-dealkylation sites (N-methyl/N-ethyl adjacent to an activating group) is 1. The number of nitrogens with zero attached hydrogens (tertiary/aromatic N) is 3. The predicted molar refractivity (Wildman–Crippen MR) is 72.1 cm³/mol. The number of amides is 1. The molecule has 1 aliphatic rings. The second kappa shape index (κ2) is 4.75. The van der Waals surface area contributed by atoms with Crippen molar-refractivity contribution in [3.05, 3.63) is 27.7 Å². The second-order valence-corrected chi connectivity index (χ2v) is 5.70. The second-order valence-electron chi connectivity index (χ2n) is 3.94. The summed E-state index contributed by atoms with van der Waals surface area (Å²) in [6.45, 7) is 0.640. The largest absolute Gasteiger partial charge is 0.305 e. The molecule has 18 heavy (non-hydrogen) atoms. The lowest BCUT2D eigenvalue weighted by molar-refractivity contribution is -0.120. The summed E-state index contributed by atoms with van der Waals surface area (Å²) < 4.78 is 0. The fraction of sp³-hybridized carbons (Fsp3) is 0.364. The fourth-order valence-electron chi connectivity index (χ4n) is 2.09. The van der Waals surface area contributed by atoms with Crippen molar-refractivity contribution in [1.82, 2.24) is 15.3 Å². The monoisotopic (exact) mass is 280 g/mol. The Kier molecular flexibility index (Phi) is 3.11. The van der Waals surface area contributed by atoms with E-state index in [0.29, 0.717) is 6.54 Å². The highest BCUT2D eigenvalue weighted by molar-refractivity contribution is 7.13. The van der Waals surface area contributed by atoms with Crippen LogP contribution in [0.3, 0.4) is 0 Å². The number of carbonyl (C=O) groups is 1. The fourth-order valence-corrected chi connectivity index (χ4v) is 3.70. The Morgan fingerprint density at radius 2 is 2.33 bits per heavy atom. The Labute approximate surface area is 112 Å². The van der Waals surface area contributed by atoms with E-state index in [4.69, 9.17) is 0 Å². The van der Waals surface area contributed by atoms with Gasteiger partial charge in [-0.1, -0.05) is 0 Å². The zero-order valence-corrected chi connectivity index (χ0v) is 11.4. The molecular formula is C11H12N4OS2. The molecule has 0 spiro atoms. The van der Waals surface area contributed by atoms with E-state index in [1.54, 1.807) is 23.7 Å². The lowest BCUT2D eigenvalue weighted by Crippen LogP contribution is -2.38. The summed E-state index contributed by atoms with van der Waals surface area (Å²) in [7, 11) is 1.80. The number of hydrogen-bond acceptors (Lipinski definition) is 6. The van der Waals surface area contributed by atoms with Gasteiger partial charge in [-0.15, -0.1) is 22.7 Å². The van der Waals surface area contributed by atoms with Crippen molar-refractivity contribution in [3.8, 4) is 0 Å². The number of nitrogens with one attached hydrogen (secondary N) is 1. The molecular weight excluding hydrogens is 268 g/mol. The number of rotatable bonds is 2. The van der Waals surface area contributed by atoms with Gasteiger partial charge < -0.3 is 5.32 Å². The predicted octanol–water partition coefficient (Wildman–Crippen LogP) is 1.45. The molecule has 94 valence electrons. The molecule has 1 unspecified atom stereocenters. The standard InChI is InChI=1S/C11H12N4OS2/c1-12-8-9-7(14-6-18-9)2-4-15(10(8)16)11-13-3-5-17-11/h3,5-6,8,12H,2,4H2,1H3. The van der Waals surface area contributed by atoms with Gasteiger partial charge in [0.25, 0.3) is 5.91 Å². The normalized spacial score (nSPS) is 19.7. The molecule has 0 bridgehead atoms. The van der Waals surface area contributed by atoms with E-state index in [1.165, 1.54) is 22.7 Å². The first-order valence-corrected chi connectivity index (χ1v) is 7.37. The van der Waals surface area contributed by atoms with E-state index in [2.05, 4.69) is 15.3 Å². The minimum atomic E-state index is -0.307. The van der Waals surface area contributed by atoms with Crippen molar-refractivity contribution in [2.75, 3.05) is 18.5 Å². The van der Waals surface area contributed by atoms with Gasteiger partial charge in [0, 0.05) is 24.5 Å². The van der Waals surface area contributed by atoms with Crippen LogP contribution < -0.4 is 10.2 Å². The highest BCUT2D eigenvalue weighted by Gasteiger charge is 2.33. The van der Waals surface area contributed by atoms with Crippen LogP contribution in [0.4, 0.5) is 5.13 Å². The number of thiazole rings is 2. The Morgan fingerprint density at radius 1 is 1.44 bits per heavy atom. The molecule has 1 aliphatic heterocycles. The molecule has 0 saturated carbocycles. The van der Waals surface area contributed by atoms with E-state index in [-0.39, 0.29) is 11.9 Å². The summed E-state index contributed by atoms with van der Waals surface area (Å²) in [5.41, 5.74) is 2.83. The third kappa shape index (κ3) is 1.84. The third-order valence-electron chi connectivity index (χ3n) is 2.96. The van der Waals surface area contributed by atoms with Gasteiger partial charge in [-0.3, -0.25) is 9.69 Å². The number of hydrogen-bond donors (Lipinski definition) is 1. The van der Waals surface area contributed by atoms with E-state index in [9.17, 15) is 4.79 Å².